The Balaban J connectivity index is 1.88. The van der Waals surface area contributed by atoms with Crippen LogP contribution in [0.3, 0.4) is 0 Å². The van der Waals surface area contributed by atoms with E-state index in [1.165, 1.54) is 4.68 Å². The third kappa shape index (κ3) is 3.57. The number of nitrogens with zero attached hydrogens (tertiary/aromatic N) is 3. The average Bonchev–Trinajstić information content (AvgIpc) is 2.90. The van der Waals surface area contributed by atoms with E-state index in [1.54, 1.807) is 0 Å². The minimum Gasteiger partial charge on any atom is -0.357 e. The zero-order chi connectivity index (χ0) is 18.8. The molecule has 0 unspecified atom stereocenters. The predicted molar refractivity (Wildman–Crippen MR) is 111 cm³/mol. The number of halogens is 1. The van der Waals surface area contributed by atoms with Crippen LogP contribution in [0.5, 0.6) is 0 Å². The van der Waals surface area contributed by atoms with Gasteiger partial charge in [0.1, 0.15) is 0 Å². The van der Waals surface area contributed by atoms with Crippen LogP contribution in [0.4, 0.5) is 0 Å². The molecule has 1 aliphatic heterocycles. The van der Waals surface area contributed by atoms with E-state index >= 15 is 0 Å². The monoisotopic (exact) mass is 375 g/mol. The highest BCUT2D eigenvalue weighted by atomic mass is 35.5. The molecule has 0 N–H and O–H groups in total. The van der Waals surface area contributed by atoms with E-state index < -0.39 is 0 Å². The summed E-state index contributed by atoms with van der Waals surface area (Å²) in [5.41, 5.74) is 2.54. The molecule has 0 bridgehead atoms. The third-order valence-corrected chi connectivity index (χ3v) is 4.73. The number of benzene rings is 2. The third-order valence-electron chi connectivity index (χ3n) is 4.48. The maximum atomic E-state index is 13.0. The molecule has 134 valence electrons. The van der Waals surface area contributed by atoms with Crippen molar-refractivity contribution in [3.05, 3.63) is 106 Å². The fourth-order valence-corrected chi connectivity index (χ4v) is 3.20. The molecule has 0 saturated heterocycles. The SMILES string of the molecule is CN1C=CC=C(n2nc(Cc3ccc(Cl)cc3)c3ccccc3c2=O)C=C1. The fourth-order valence-electron chi connectivity index (χ4n) is 3.07. The normalized spacial score (nSPS) is 13.7. The fraction of sp³-hybridized carbons (Fsp3) is 0.0909. The van der Waals surface area contributed by atoms with Crippen LogP contribution in [-0.4, -0.2) is 21.7 Å². The number of allylic oxidation sites excluding steroid dienone is 4. The highest BCUT2D eigenvalue weighted by Gasteiger charge is 2.13. The van der Waals surface area contributed by atoms with Gasteiger partial charge >= 0.3 is 0 Å². The first-order valence-electron chi connectivity index (χ1n) is 8.66. The molecular formula is C22H18ClN3O. The van der Waals surface area contributed by atoms with Crippen molar-refractivity contribution in [2.45, 2.75) is 6.42 Å². The molecule has 0 amide bonds. The zero-order valence-electron chi connectivity index (χ0n) is 14.8. The van der Waals surface area contributed by atoms with Gasteiger partial charge in [-0.3, -0.25) is 4.79 Å². The van der Waals surface area contributed by atoms with Gasteiger partial charge in [-0.15, -0.1) is 0 Å². The maximum absolute atomic E-state index is 13.0. The molecule has 1 aromatic heterocycles. The van der Waals surface area contributed by atoms with Crippen LogP contribution < -0.4 is 5.56 Å². The van der Waals surface area contributed by atoms with Crippen molar-refractivity contribution >= 4 is 28.1 Å². The van der Waals surface area contributed by atoms with Crippen molar-refractivity contribution in [3.8, 4) is 0 Å². The summed E-state index contributed by atoms with van der Waals surface area (Å²) in [6.07, 6.45) is 10.1. The second kappa shape index (κ2) is 7.25. The van der Waals surface area contributed by atoms with Crippen molar-refractivity contribution in [2.24, 2.45) is 0 Å². The molecule has 2 heterocycles. The minimum absolute atomic E-state index is 0.126. The lowest BCUT2D eigenvalue weighted by molar-refractivity contribution is 0.627. The zero-order valence-corrected chi connectivity index (χ0v) is 15.6. The molecule has 0 atom stereocenters. The lowest BCUT2D eigenvalue weighted by Crippen LogP contribution is -2.23. The van der Waals surface area contributed by atoms with E-state index in [9.17, 15) is 4.79 Å². The lowest BCUT2D eigenvalue weighted by Gasteiger charge is -2.12. The van der Waals surface area contributed by atoms with E-state index in [0.717, 1.165) is 22.3 Å². The highest BCUT2D eigenvalue weighted by Crippen LogP contribution is 2.20. The molecule has 5 heteroatoms. The summed E-state index contributed by atoms with van der Waals surface area (Å²) in [7, 11) is 1.94. The van der Waals surface area contributed by atoms with Gasteiger partial charge in [0.15, 0.2) is 0 Å². The Morgan fingerprint density at radius 2 is 1.74 bits per heavy atom. The number of fused-ring (bicyclic) bond motifs is 1. The first-order chi connectivity index (χ1) is 13.1. The standard InChI is InChI=1S/C22H18ClN3O/c1-25-13-4-5-18(12-14-25)26-22(27)20-7-3-2-6-19(20)21(24-26)15-16-8-10-17(23)11-9-16/h2-14H,15H2,1H3. The number of aromatic nitrogens is 2. The van der Waals surface area contributed by atoms with E-state index in [-0.39, 0.29) is 5.56 Å². The van der Waals surface area contributed by atoms with Gasteiger partial charge in [-0.2, -0.15) is 9.78 Å². The van der Waals surface area contributed by atoms with Gasteiger partial charge in [-0.05, 0) is 42.0 Å². The highest BCUT2D eigenvalue weighted by molar-refractivity contribution is 6.30. The van der Waals surface area contributed by atoms with Crippen molar-refractivity contribution in [1.82, 2.24) is 14.7 Å². The summed E-state index contributed by atoms with van der Waals surface area (Å²) in [5.74, 6) is 0. The van der Waals surface area contributed by atoms with Crippen molar-refractivity contribution in [2.75, 3.05) is 7.05 Å². The molecule has 4 rings (SSSR count). The van der Waals surface area contributed by atoms with Gasteiger partial charge in [0, 0.05) is 36.3 Å². The lowest BCUT2D eigenvalue weighted by atomic mass is 10.0. The first-order valence-corrected chi connectivity index (χ1v) is 9.04. The van der Waals surface area contributed by atoms with E-state index in [4.69, 9.17) is 16.7 Å². The first kappa shape index (κ1) is 17.3. The Morgan fingerprint density at radius 1 is 1.00 bits per heavy atom. The van der Waals surface area contributed by atoms with Gasteiger partial charge in [-0.25, -0.2) is 0 Å². The molecular weight excluding hydrogens is 358 g/mol. The van der Waals surface area contributed by atoms with Crippen LogP contribution in [-0.2, 0) is 6.42 Å². The number of hydrogen-bond donors (Lipinski definition) is 0. The Bertz CT molecular complexity index is 1140. The summed E-state index contributed by atoms with van der Waals surface area (Å²) in [6, 6.07) is 15.3. The molecule has 0 radical (unpaired) electrons. The predicted octanol–water partition coefficient (Wildman–Crippen LogP) is 4.45. The van der Waals surface area contributed by atoms with Gasteiger partial charge in [0.05, 0.1) is 16.8 Å². The second-order valence-electron chi connectivity index (χ2n) is 6.43. The molecule has 0 aliphatic carbocycles. The second-order valence-corrected chi connectivity index (χ2v) is 6.86. The number of hydrogen-bond acceptors (Lipinski definition) is 3. The van der Waals surface area contributed by atoms with Crippen LogP contribution in [0.25, 0.3) is 16.5 Å². The topological polar surface area (TPSA) is 38.1 Å². The van der Waals surface area contributed by atoms with Crippen molar-refractivity contribution in [1.29, 1.82) is 0 Å². The molecule has 4 nitrogen and oxygen atoms in total. The molecule has 27 heavy (non-hydrogen) atoms. The molecule has 0 fully saturated rings. The van der Waals surface area contributed by atoms with Crippen LogP contribution in [0.2, 0.25) is 5.02 Å². The quantitative estimate of drug-likeness (QED) is 0.678. The Labute approximate surface area is 162 Å². The van der Waals surface area contributed by atoms with E-state index in [1.807, 2.05) is 91.1 Å². The minimum atomic E-state index is -0.126. The van der Waals surface area contributed by atoms with Crippen molar-refractivity contribution < 1.29 is 0 Å². The van der Waals surface area contributed by atoms with Gasteiger partial charge in [-0.1, -0.05) is 41.9 Å². The van der Waals surface area contributed by atoms with Gasteiger partial charge in [0.2, 0.25) is 0 Å². The largest absolute Gasteiger partial charge is 0.357 e. The Hall–Kier alpha value is -3.11. The smallest absolute Gasteiger partial charge is 0.279 e. The van der Waals surface area contributed by atoms with Gasteiger partial charge in [0.25, 0.3) is 5.56 Å². The molecule has 1 aliphatic rings. The summed E-state index contributed by atoms with van der Waals surface area (Å²) in [4.78, 5) is 15.0. The maximum Gasteiger partial charge on any atom is 0.279 e. The number of rotatable bonds is 3. The molecule has 3 aromatic rings. The summed E-state index contributed by atoms with van der Waals surface area (Å²) in [5, 5.41) is 6.94. The van der Waals surface area contributed by atoms with Crippen LogP contribution in [0.15, 0.2) is 84.0 Å². The Morgan fingerprint density at radius 3 is 2.52 bits per heavy atom. The van der Waals surface area contributed by atoms with Crippen LogP contribution in [0, 0.1) is 0 Å². The molecule has 0 spiro atoms. The van der Waals surface area contributed by atoms with Gasteiger partial charge < -0.3 is 4.90 Å². The Kier molecular flexibility index (Phi) is 4.65. The molecule has 2 aromatic carbocycles. The van der Waals surface area contributed by atoms with Crippen LogP contribution >= 0.6 is 11.6 Å². The summed E-state index contributed by atoms with van der Waals surface area (Å²) in [6.45, 7) is 0. The molecule has 0 saturated carbocycles. The average molecular weight is 376 g/mol. The van der Waals surface area contributed by atoms with Crippen molar-refractivity contribution in [3.63, 3.8) is 0 Å². The van der Waals surface area contributed by atoms with E-state index in [2.05, 4.69) is 0 Å². The summed E-state index contributed by atoms with van der Waals surface area (Å²) < 4.78 is 1.48. The van der Waals surface area contributed by atoms with Crippen LogP contribution in [0.1, 0.15) is 11.3 Å². The van der Waals surface area contributed by atoms with E-state index in [0.29, 0.717) is 16.8 Å². The summed E-state index contributed by atoms with van der Waals surface area (Å²) >= 11 is 6.00.